The van der Waals surface area contributed by atoms with Gasteiger partial charge >= 0.3 is 0 Å². The monoisotopic (exact) mass is 255 g/mol. The van der Waals surface area contributed by atoms with Crippen molar-refractivity contribution >= 4 is 0 Å². The summed E-state index contributed by atoms with van der Waals surface area (Å²) in [6.07, 6.45) is 9.41. The van der Waals surface area contributed by atoms with Crippen LogP contribution in [0.1, 0.15) is 51.9 Å². The van der Waals surface area contributed by atoms with Crippen molar-refractivity contribution < 1.29 is 9.47 Å². The molecule has 0 aromatic carbocycles. The Morgan fingerprint density at radius 2 is 2.00 bits per heavy atom. The first-order valence-electron chi connectivity index (χ1n) is 7.81. The van der Waals surface area contributed by atoms with Crippen LogP contribution in [0.5, 0.6) is 0 Å². The van der Waals surface area contributed by atoms with Crippen molar-refractivity contribution in [1.29, 1.82) is 0 Å². The van der Waals surface area contributed by atoms with Gasteiger partial charge in [0.15, 0.2) is 0 Å². The third kappa shape index (κ3) is 4.87. The molecule has 106 valence electrons. The van der Waals surface area contributed by atoms with E-state index < -0.39 is 0 Å². The lowest BCUT2D eigenvalue weighted by Gasteiger charge is -2.27. The van der Waals surface area contributed by atoms with E-state index in [1.807, 2.05) is 0 Å². The minimum atomic E-state index is 0.542. The average molecular weight is 255 g/mol. The molecule has 2 atom stereocenters. The summed E-state index contributed by atoms with van der Waals surface area (Å²) in [6.45, 7) is 6.21. The van der Waals surface area contributed by atoms with Crippen LogP contribution in [0.15, 0.2) is 0 Å². The van der Waals surface area contributed by atoms with Crippen LogP contribution in [0.3, 0.4) is 0 Å². The fourth-order valence-electron chi connectivity index (χ4n) is 3.24. The van der Waals surface area contributed by atoms with Gasteiger partial charge in [-0.3, -0.25) is 0 Å². The molecule has 2 aliphatic rings. The highest BCUT2D eigenvalue weighted by Crippen LogP contribution is 2.24. The van der Waals surface area contributed by atoms with E-state index in [9.17, 15) is 0 Å². The first-order valence-corrected chi connectivity index (χ1v) is 7.81. The zero-order valence-electron chi connectivity index (χ0n) is 11.8. The Balaban J connectivity index is 1.68. The Hall–Kier alpha value is -0.120. The van der Waals surface area contributed by atoms with Crippen LogP contribution in [0, 0.1) is 5.92 Å². The van der Waals surface area contributed by atoms with Crippen LogP contribution in [0.2, 0.25) is 0 Å². The average Bonchev–Trinajstić information content (AvgIpc) is 2.91. The quantitative estimate of drug-likeness (QED) is 0.759. The van der Waals surface area contributed by atoms with Crippen molar-refractivity contribution in [2.75, 3.05) is 26.4 Å². The molecule has 18 heavy (non-hydrogen) atoms. The molecule has 2 aliphatic heterocycles. The molecule has 0 aliphatic carbocycles. The molecule has 0 saturated carbocycles. The number of ether oxygens (including phenoxy) is 2. The lowest BCUT2D eigenvalue weighted by atomic mass is 9.90. The lowest BCUT2D eigenvalue weighted by molar-refractivity contribution is 0.0583. The zero-order chi connectivity index (χ0) is 12.6. The SMILES string of the molecule is CCNC(CCC1CCCO1)CC1CCOCC1. The summed E-state index contributed by atoms with van der Waals surface area (Å²) in [4.78, 5) is 0. The van der Waals surface area contributed by atoms with Crippen molar-refractivity contribution in [2.24, 2.45) is 5.92 Å². The predicted octanol–water partition coefficient (Wildman–Crippen LogP) is 2.74. The smallest absolute Gasteiger partial charge is 0.0576 e. The highest BCUT2D eigenvalue weighted by molar-refractivity contribution is 4.76. The van der Waals surface area contributed by atoms with Crippen molar-refractivity contribution in [3.8, 4) is 0 Å². The maximum Gasteiger partial charge on any atom is 0.0576 e. The first-order chi connectivity index (χ1) is 8.88. The van der Waals surface area contributed by atoms with Crippen molar-refractivity contribution in [3.05, 3.63) is 0 Å². The Morgan fingerprint density at radius 1 is 1.17 bits per heavy atom. The maximum atomic E-state index is 5.72. The topological polar surface area (TPSA) is 30.5 Å². The molecule has 3 heteroatoms. The summed E-state index contributed by atoms with van der Waals surface area (Å²) >= 11 is 0. The maximum absolute atomic E-state index is 5.72. The number of nitrogens with one attached hydrogen (secondary N) is 1. The van der Waals surface area contributed by atoms with E-state index in [1.165, 1.54) is 44.9 Å². The Bertz CT molecular complexity index is 211. The fraction of sp³-hybridized carbons (Fsp3) is 1.00. The van der Waals surface area contributed by atoms with E-state index in [-0.39, 0.29) is 0 Å². The third-order valence-corrected chi connectivity index (χ3v) is 4.31. The molecule has 0 amide bonds. The molecule has 0 bridgehead atoms. The molecule has 0 aromatic rings. The van der Waals surface area contributed by atoms with Gasteiger partial charge in [0.1, 0.15) is 0 Å². The molecule has 1 N–H and O–H groups in total. The van der Waals surface area contributed by atoms with Gasteiger partial charge < -0.3 is 14.8 Å². The fourth-order valence-corrected chi connectivity index (χ4v) is 3.24. The standard InChI is InChI=1S/C15H29NO2/c1-2-16-14(5-6-15-4-3-9-18-15)12-13-7-10-17-11-8-13/h13-16H,2-12H2,1H3. The first kappa shape index (κ1) is 14.3. The summed E-state index contributed by atoms with van der Waals surface area (Å²) in [5.74, 6) is 0.868. The van der Waals surface area contributed by atoms with Crippen LogP contribution in [-0.2, 0) is 9.47 Å². The van der Waals surface area contributed by atoms with Gasteiger partial charge in [-0.15, -0.1) is 0 Å². The third-order valence-electron chi connectivity index (χ3n) is 4.31. The molecule has 3 nitrogen and oxygen atoms in total. The van der Waals surface area contributed by atoms with Gasteiger partial charge in [0.25, 0.3) is 0 Å². The highest BCUT2D eigenvalue weighted by atomic mass is 16.5. The van der Waals surface area contributed by atoms with Crippen LogP contribution < -0.4 is 5.32 Å². The van der Waals surface area contributed by atoms with Gasteiger partial charge in [0.2, 0.25) is 0 Å². The highest BCUT2D eigenvalue weighted by Gasteiger charge is 2.21. The summed E-state index contributed by atoms with van der Waals surface area (Å²) < 4.78 is 11.2. The Morgan fingerprint density at radius 3 is 2.67 bits per heavy atom. The molecule has 0 spiro atoms. The number of rotatable bonds is 7. The minimum Gasteiger partial charge on any atom is -0.381 e. The molecule has 2 saturated heterocycles. The van der Waals surface area contributed by atoms with E-state index in [4.69, 9.17) is 9.47 Å². The largest absolute Gasteiger partial charge is 0.381 e. The van der Waals surface area contributed by atoms with Crippen LogP contribution in [0.25, 0.3) is 0 Å². The van der Waals surface area contributed by atoms with E-state index >= 15 is 0 Å². The van der Waals surface area contributed by atoms with Gasteiger partial charge in [0.05, 0.1) is 6.10 Å². The minimum absolute atomic E-state index is 0.542. The Labute approximate surface area is 112 Å². The molecule has 0 radical (unpaired) electrons. The second kappa shape index (κ2) is 8.13. The normalized spacial score (nSPS) is 27.5. The van der Waals surface area contributed by atoms with E-state index in [0.29, 0.717) is 12.1 Å². The van der Waals surface area contributed by atoms with Gasteiger partial charge in [0, 0.05) is 25.9 Å². The molecule has 0 aromatic heterocycles. The molecular formula is C15H29NO2. The molecule has 2 unspecified atom stereocenters. The van der Waals surface area contributed by atoms with Crippen molar-refractivity contribution in [1.82, 2.24) is 5.32 Å². The summed E-state index contributed by atoms with van der Waals surface area (Å²) in [7, 11) is 0. The second-order valence-electron chi connectivity index (χ2n) is 5.76. The summed E-state index contributed by atoms with van der Waals surface area (Å²) in [6, 6.07) is 0.683. The molecule has 2 fully saturated rings. The second-order valence-corrected chi connectivity index (χ2v) is 5.76. The summed E-state index contributed by atoms with van der Waals surface area (Å²) in [5, 5.41) is 3.66. The van der Waals surface area contributed by atoms with Crippen molar-refractivity contribution in [3.63, 3.8) is 0 Å². The lowest BCUT2D eigenvalue weighted by Crippen LogP contribution is -2.33. The molecule has 2 rings (SSSR count). The number of hydrogen-bond acceptors (Lipinski definition) is 3. The Kier molecular flexibility index (Phi) is 6.46. The van der Waals surface area contributed by atoms with E-state index in [0.717, 1.165) is 32.3 Å². The van der Waals surface area contributed by atoms with E-state index in [2.05, 4.69) is 12.2 Å². The molecule has 2 heterocycles. The number of hydrogen-bond donors (Lipinski definition) is 1. The van der Waals surface area contributed by atoms with Gasteiger partial charge in [-0.25, -0.2) is 0 Å². The van der Waals surface area contributed by atoms with Gasteiger partial charge in [-0.2, -0.15) is 0 Å². The van der Waals surface area contributed by atoms with Crippen molar-refractivity contribution in [2.45, 2.75) is 64.0 Å². The predicted molar refractivity (Wildman–Crippen MR) is 73.8 cm³/mol. The van der Waals surface area contributed by atoms with Gasteiger partial charge in [-0.05, 0) is 57.4 Å². The van der Waals surface area contributed by atoms with Crippen LogP contribution in [0.4, 0.5) is 0 Å². The summed E-state index contributed by atoms with van der Waals surface area (Å²) in [5.41, 5.74) is 0. The van der Waals surface area contributed by atoms with E-state index in [1.54, 1.807) is 0 Å². The van der Waals surface area contributed by atoms with Gasteiger partial charge in [-0.1, -0.05) is 6.92 Å². The zero-order valence-corrected chi connectivity index (χ0v) is 11.8. The molecular weight excluding hydrogens is 226 g/mol. The van der Waals surface area contributed by atoms with Crippen LogP contribution >= 0.6 is 0 Å². The van der Waals surface area contributed by atoms with Crippen LogP contribution in [-0.4, -0.2) is 38.5 Å².